The third-order valence-corrected chi connectivity index (χ3v) is 5.64. The quantitative estimate of drug-likeness (QED) is 0.619. The summed E-state index contributed by atoms with van der Waals surface area (Å²) in [6.07, 6.45) is 1.94. The van der Waals surface area contributed by atoms with Crippen LogP contribution in [-0.4, -0.2) is 29.9 Å². The van der Waals surface area contributed by atoms with E-state index in [2.05, 4.69) is 46.6 Å². The highest BCUT2D eigenvalue weighted by Gasteiger charge is 2.15. The molecule has 146 valence electrons. The van der Waals surface area contributed by atoms with Gasteiger partial charge in [-0.05, 0) is 43.7 Å². The standard InChI is InChI=1S/C21H24N4O2S/c1-3-25(4-2)20-8-5-15(11-23-20)10-22-12-17-13-28-21(24-17)16-6-7-18-19(9-16)27-14-26-18/h5-9,11,13,22H,3-4,10,12,14H2,1-2H3. The van der Waals surface area contributed by atoms with Crippen molar-refractivity contribution in [1.29, 1.82) is 0 Å². The molecule has 2 aromatic heterocycles. The van der Waals surface area contributed by atoms with Crippen molar-refractivity contribution in [1.82, 2.24) is 15.3 Å². The SMILES string of the molecule is CCN(CC)c1ccc(CNCc2csc(-c3ccc4c(c3)OCO4)n2)cn1. The number of hydrogen-bond donors (Lipinski definition) is 1. The zero-order valence-electron chi connectivity index (χ0n) is 16.1. The molecule has 1 aromatic carbocycles. The molecule has 0 fully saturated rings. The van der Waals surface area contributed by atoms with Crippen molar-refractivity contribution in [2.24, 2.45) is 0 Å². The predicted octanol–water partition coefficient (Wildman–Crippen LogP) is 4.07. The van der Waals surface area contributed by atoms with Gasteiger partial charge in [0, 0.05) is 43.3 Å². The van der Waals surface area contributed by atoms with Gasteiger partial charge in [0.15, 0.2) is 11.5 Å². The second-order valence-corrected chi connectivity index (χ2v) is 7.37. The van der Waals surface area contributed by atoms with Crippen LogP contribution in [-0.2, 0) is 13.1 Å². The fraction of sp³-hybridized carbons (Fsp3) is 0.333. The van der Waals surface area contributed by atoms with E-state index in [9.17, 15) is 0 Å². The first-order valence-electron chi connectivity index (χ1n) is 9.52. The van der Waals surface area contributed by atoms with E-state index in [-0.39, 0.29) is 6.79 Å². The summed E-state index contributed by atoms with van der Waals surface area (Å²) in [7, 11) is 0. The molecule has 1 aliphatic rings. The van der Waals surface area contributed by atoms with Crippen LogP contribution in [0.4, 0.5) is 5.82 Å². The van der Waals surface area contributed by atoms with Crippen LogP contribution in [0.3, 0.4) is 0 Å². The van der Waals surface area contributed by atoms with Gasteiger partial charge in [0.05, 0.1) is 5.69 Å². The molecule has 28 heavy (non-hydrogen) atoms. The topological polar surface area (TPSA) is 59.5 Å². The molecule has 3 heterocycles. The summed E-state index contributed by atoms with van der Waals surface area (Å²) < 4.78 is 10.8. The van der Waals surface area contributed by atoms with Gasteiger partial charge in [-0.3, -0.25) is 0 Å². The molecule has 0 atom stereocenters. The lowest BCUT2D eigenvalue weighted by atomic mass is 10.2. The Morgan fingerprint density at radius 3 is 2.71 bits per heavy atom. The van der Waals surface area contributed by atoms with E-state index in [1.807, 2.05) is 24.4 Å². The van der Waals surface area contributed by atoms with Crippen LogP contribution < -0.4 is 19.7 Å². The number of nitrogens with one attached hydrogen (secondary N) is 1. The maximum absolute atomic E-state index is 5.45. The Morgan fingerprint density at radius 2 is 1.93 bits per heavy atom. The van der Waals surface area contributed by atoms with Crippen LogP contribution in [0.1, 0.15) is 25.1 Å². The van der Waals surface area contributed by atoms with Crippen molar-refractivity contribution in [3.63, 3.8) is 0 Å². The van der Waals surface area contributed by atoms with E-state index in [0.29, 0.717) is 0 Å². The minimum Gasteiger partial charge on any atom is -0.454 e. The van der Waals surface area contributed by atoms with E-state index in [4.69, 9.17) is 14.5 Å². The average Bonchev–Trinajstić information content (AvgIpc) is 3.39. The number of ether oxygens (including phenoxy) is 2. The smallest absolute Gasteiger partial charge is 0.231 e. The molecule has 0 spiro atoms. The first-order valence-corrected chi connectivity index (χ1v) is 10.4. The summed E-state index contributed by atoms with van der Waals surface area (Å²) >= 11 is 1.64. The van der Waals surface area contributed by atoms with Crippen molar-refractivity contribution in [3.05, 3.63) is 53.2 Å². The normalized spacial score (nSPS) is 12.4. The van der Waals surface area contributed by atoms with Gasteiger partial charge in [-0.15, -0.1) is 11.3 Å². The van der Waals surface area contributed by atoms with Crippen molar-refractivity contribution >= 4 is 17.2 Å². The Bertz CT molecular complexity index is 922. The van der Waals surface area contributed by atoms with E-state index in [1.165, 1.54) is 5.56 Å². The predicted molar refractivity (Wildman–Crippen MR) is 112 cm³/mol. The molecule has 0 amide bonds. The molecular formula is C21H24N4O2S. The first kappa shape index (κ1) is 18.7. The molecule has 0 aliphatic carbocycles. The monoisotopic (exact) mass is 396 g/mol. The lowest BCUT2D eigenvalue weighted by molar-refractivity contribution is 0.174. The van der Waals surface area contributed by atoms with Crippen LogP contribution in [0.15, 0.2) is 41.9 Å². The maximum atomic E-state index is 5.45. The van der Waals surface area contributed by atoms with Gasteiger partial charge in [-0.25, -0.2) is 9.97 Å². The summed E-state index contributed by atoms with van der Waals surface area (Å²) in [6, 6.07) is 10.2. The highest BCUT2D eigenvalue weighted by Crippen LogP contribution is 2.36. The van der Waals surface area contributed by atoms with Gasteiger partial charge in [-0.1, -0.05) is 6.07 Å². The van der Waals surface area contributed by atoms with E-state index < -0.39 is 0 Å². The number of anilines is 1. The largest absolute Gasteiger partial charge is 0.454 e. The summed E-state index contributed by atoms with van der Waals surface area (Å²) in [4.78, 5) is 11.5. The Labute approximate surface area is 169 Å². The molecule has 0 unspecified atom stereocenters. The van der Waals surface area contributed by atoms with Crippen LogP contribution in [0, 0.1) is 0 Å². The maximum Gasteiger partial charge on any atom is 0.231 e. The molecule has 0 saturated heterocycles. The van der Waals surface area contributed by atoms with Gasteiger partial charge in [0.2, 0.25) is 6.79 Å². The molecule has 6 nitrogen and oxygen atoms in total. The lowest BCUT2D eigenvalue weighted by Gasteiger charge is -2.19. The van der Waals surface area contributed by atoms with Crippen LogP contribution >= 0.6 is 11.3 Å². The lowest BCUT2D eigenvalue weighted by Crippen LogP contribution is -2.23. The molecule has 0 radical (unpaired) electrons. The van der Waals surface area contributed by atoms with Crippen molar-refractivity contribution < 1.29 is 9.47 Å². The number of pyridine rings is 1. The van der Waals surface area contributed by atoms with Gasteiger partial charge in [0.1, 0.15) is 10.8 Å². The van der Waals surface area contributed by atoms with Gasteiger partial charge >= 0.3 is 0 Å². The highest BCUT2D eigenvalue weighted by molar-refractivity contribution is 7.13. The fourth-order valence-corrected chi connectivity index (χ4v) is 3.96. The van der Waals surface area contributed by atoms with Crippen molar-refractivity contribution in [2.75, 3.05) is 24.8 Å². The zero-order chi connectivity index (χ0) is 19.3. The molecular weight excluding hydrogens is 372 g/mol. The second-order valence-electron chi connectivity index (χ2n) is 6.51. The van der Waals surface area contributed by atoms with Gasteiger partial charge in [0.25, 0.3) is 0 Å². The molecule has 0 bridgehead atoms. The Morgan fingerprint density at radius 1 is 1.07 bits per heavy atom. The molecule has 1 aliphatic heterocycles. The minimum absolute atomic E-state index is 0.288. The van der Waals surface area contributed by atoms with E-state index in [1.54, 1.807) is 11.3 Å². The Hall–Kier alpha value is -2.64. The number of thiazole rings is 1. The summed E-state index contributed by atoms with van der Waals surface area (Å²) in [5.41, 5.74) is 3.25. The molecule has 7 heteroatoms. The number of rotatable bonds is 8. The summed E-state index contributed by atoms with van der Waals surface area (Å²) in [5.74, 6) is 2.61. The highest BCUT2D eigenvalue weighted by atomic mass is 32.1. The van der Waals surface area contributed by atoms with Crippen LogP contribution in [0.2, 0.25) is 0 Å². The van der Waals surface area contributed by atoms with Crippen LogP contribution in [0.25, 0.3) is 10.6 Å². The Kier molecular flexibility index (Phi) is 5.73. The third-order valence-electron chi connectivity index (χ3n) is 4.70. The van der Waals surface area contributed by atoms with E-state index in [0.717, 1.165) is 59.8 Å². The van der Waals surface area contributed by atoms with Crippen molar-refractivity contribution in [3.8, 4) is 22.1 Å². The molecule has 3 aromatic rings. The molecule has 4 rings (SSSR count). The second kappa shape index (κ2) is 8.58. The first-order chi connectivity index (χ1) is 13.8. The number of fused-ring (bicyclic) bond motifs is 1. The Balaban J connectivity index is 1.32. The molecule has 1 N–H and O–H groups in total. The number of hydrogen-bond acceptors (Lipinski definition) is 7. The van der Waals surface area contributed by atoms with Gasteiger partial charge in [-0.2, -0.15) is 0 Å². The average molecular weight is 397 g/mol. The number of aromatic nitrogens is 2. The number of benzene rings is 1. The van der Waals surface area contributed by atoms with Crippen LogP contribution in [0.5, 0.6) is 11.5 Å². The number of nitrogens with zero attached hydrogens (tertiary/aromatic N) is 3. The molecule has 0 saturated carbocycles. The fourth-order valence-electron chi connectivity index (χ4n) is 3.14. The van der Waals surface area contributed by atoms with Gasteiger partial charge < -0.3 is 19.7 Å². The zero-order valence-corrected chi connectivity index (χ0v) is 17.0. The van der Waals surface area contributed by atoms with Crippen molar-refractivity contribution in [2.45, 2.75) is 26.9 Å². The summed E-state index contributed by atoms with van der Waals surface area (Å²) in [5, 5.41) is 6.53. The van der Waals surface area contributed by atoms with E-state index >= 15 is 0 Å². The minimum atomic E-state index is 0.288. The third kappa shape index (κ3) is 4.10. The summed E-state index contributed by atoms with van der Waals surface area (Å²) in [6.45, 7) is 8.00.